The van der Waals surface area contributed by atoms with Crippen molar-refractivity contribution in [2.24, 2.45) is 5.73 Å². The van der Waals surface area contributed by atoms with Gasteiger partial charge in [0.25, 0.3) is 0 Å². The smallest absolute Gasteiger partial charge is 0.234 e. The first-order valence-electron chi connectivity index (χ1n) is 4.45. The fraction of sp³-hybridized carbons (Fsp3) is 0.875. The van der Waals surface area contributed by atoms with Gasteiger partial charge in [0, 0.05) is 12.8 Å². The molecular formula is C8H18N2O3S. The summed E-state index contributed by atoms with van der Waals surface area (Å²) in [6, 6.07) is -0.378. The van der Waals surface area contributed by atoms with Gasteiger partial charge < -0.3 is 5.73 Å². The van der Waals surface area contributed by atoms with Crippen molar-refractivity contribution in [3.8, 4) is 0 Å². The number of sulfone groups is 1. The molecule has 0 aromatic heterocycles. The number of carbonyl (C=O) groups excluding carboxylic acids is 1. The number of likely N-dealkylation sites (N-methyl/N-ethyl adjacent to an activating group) is 1. The van der Waals surface area contributed by atoms with Crippen LogP contribution in [-0.2, 0) is 14.6 Å². The predicted octanol–water partition coefficient (Wildman–Crippen LogP) is -0.773. The first-order chi connectivity index (χ1) is 6.28. The lowest BCUT2D eigenvalue weighted by atomic mass is 10.2. The molecule has 14 heavy (non-hydrogen) atoms. The average molecular weight is 222 g/mol. The van der Waals surface area contributed by atoms with E-state index in [1.165, 1.54) is 6.26 Å². The fourth-order valence-electron chi connectivity index (χ4n) is 1.20. The summed E-state index contributed by atoms with van der Waals surface area (Å²) < 4.78 is 21.7. The van der Waals surface area contributed by atoms with Crippen LogP contribution in [0.15, 0.2) is 0 Å². The van der Waals surface area contributed by atoms with Gasteiger partial charge in [-0.05, 0) is 13.5 Å². The van der Waals surface area contributed by atoms with Crippen LogP contribution < -0.4 is 5.73 Å². The number of hydrogen-bond acceptors (Lipinski definition) is 4. The first kappa shape index (κ1) is 13.4. The molecule has 0 aromatic rings. The molecule has 0 spiro atoms. The summed E-state index contributed by atoms with van der Waals surface area (Å²) in [4.78, 5) is 12.6. The minimum Gasteiger partial charge on any atom is -0.368 e. The van der Waals surface area contributed by atoms with Gasteiger partial charge in [-0.15, -0.1) is 0 Å². The van der Waals surface area contributed by atoms with E-state index in [4.69, 9.17) is 5.73 Å². The topological polar surface area (TPSA) is 80.5 Å². The molecule has 84 valence electrons. The van der Waals surface area contributed by atoms with Gasteiger partial charge in [0.1, 0.15) is 9.84 Å². The second kappa shape index (κ2) is 5.31. The number of hydrogen-bond donors (Lipinski definition) is 1. The van der Waals surface area contributed by atoms with Crippen molar-refractivity contribution in [2.75, 3.05) is 25.6 Å². The van der Waals surface area contributed by atoms with E-state index in [-0.39, 0.29) is 11.8 Å². The van der Waals surface area contributed by atoms with E-state index in [1.807, 2.05) is 6.92 Å². The quantitative estimate of drug-likeness (QED) is 0.639. The maximum Gasteiger partial charge on any atom is 0.234 e. The molecule has 0 saturated carbocycles. The molecule has 0 heterocycles. The maximum atomic E-state index is 10.9. The van der Waals surface area contributed by atoms with Crippen molar-refractivity contribution in [2.45, 2.75) is 19.4 Å². The molecule has 0 bridgehead atoms. The van der Waals surface area contributed by atoms with E-state index in [2.05, 4.69) is 0 Å². The maximum absolute atomic E-state index is 10.9. The van der Waals surface area contributed by atoms with E-state index in [0.717, 1.165) is 0 Å². The molecular weight excluding hydrogens is 204 g/mol. The normalized spacial score (nSPS) is 14.3. The number of nitrogens with zero attached hydrogens (tertiary/aromatic N) is 1. The Morgan fingerprint density at radius 1 is 1.50 bits per heavy atom. The largest absolute Gasteiger partial charge is 0.368 e. The molecule has 0 rings (SSSR count). The third-order valence-corrected chi connectivity index (χ3v) is 2.99. The van der Waals surface area contributed by atoms with Crippen LogP contribution in [0, 0.1) is 0 Å². The lowest BCUT2D eigenvalue weighted by molar-refractivity contribution is -0.122. The van der Waals surface area contributed by atoms with Crippen LogP contribution in [0.1, 0.15) is 13.3 Å². The first-order valence-corrected chi connectivity index (χ1v) is 6.51. The number of carbonyl (C=O) groups is 1. The summed E-state index contributed by atoms with van der Waals surface area (Å²) in [5.41, 5.74) is 5.16. The van der Waals surface area contributed by atoms with Crippen molar-refractivity contribution in [3.63, 3.8) is 0 Å². The summed E-state index contributed by atoms with van der Waals surface area (Å²) >= 11 is 0. The van der Waals surface area contributed by atoms with Crippen molar-refractivity contribution < 1.29 is 13.2 Å². The molecule has 0 aliphatic heterocycles. The predicted molar refractivity (Wildman–Crippen MR) is 55.6 cm³/mol. The molecule has 0 radical (unpaired) electrons. The summed E-state index contributed by atoms with van der Waals surface area (Å²) in [5.74, 6) is -0.365. The summed E-state index contributed by atoms with van der Waals surface area (Å²) in [7, 11) is -1.28. The van der Waals surface area contributed by atoms with Gasteiger partial charge in [0.05, 0.1) is 11.8 Å². The van der Waals surface area contributed by atoms with Crippen LogP contribution in [0.4, 0.5) is 0 Å². The van der Waals surface area contributed by atoms with Crippen molar-refractivity contribution >= 4 is 15.7 Å². The molecule has 0 fully saturated rings. The monoisotopic (exact) mass is 222 g/mol. The minimum atomic E-state index is -2.98. The Morgan fingerprint density at radius 2 is 2.00 bits per heavy atom. The Bertz CT molecular complexity index is 287. The molecule has 0 aliphatic carbocycles. The summed E-state index contributed by atoms with van der Waals surface area (Å²) in [6.45, 7) is 2.17. The Kier molecular flexibility index (Phi) is 5.07. The van der Waals surface area contributed by atoms with Crippen molar-refractivity contribution in [1.29, 1.82) is 0 Å². The molecule has 0 saturated heterocycles. The zero-order chi connectivity index (χ0) is 11.4. The standard InChI is InChI=1S/C8H18N2O3S/c1-4-7(8(9)11)10(2)5-6-14(3,12)13/h7H,4-6H2,1-3H3,(H2,9,11). The Labute approximate surface area is 85.2 Å². The van der Waals surface area contributed by atoms with E-state index in [9.17, 15) is 13.2 Å². The highest BCUT2D eigenvalue weighted by atomic mass is 32.2. The van der Waals surface area contributed by atoms with Crippen LogP contribution in [-0.4, -0.2) is 50.9 Å². The zero-order valence-electron chi connectivity index (χ0n) is 8.86. The third-order valence-electron chi connectivity index (χ3n) is 2.06. The molecule has 1 amide bonds. The number of nitrogens with two attached hydrogens (primary N) is 1. The van der Waals surface area contributed by atoms with Crippen molar-refractivity contribution in [1.82, 2.24) is 4.90 Å². The fourth-order valence-corrected chi connectivity index (χ4v) is 1.82. The SMILES string of the molecule is CCC(C(N)=O)N(C)CCS(C)(=O)=O. The second-order valence-corrected chi connectivity index (χ2v) is 5.70. The molecule has 1 unspecified atom stereocenters. The molecule has 6 heteroatoms. The zero-order valence-corrected chi connectivity index (χ0v) is 9.67. The third kappa shape index (κ3) is 5.18. The molecule has 5 nitrogen and oxygen atoms in total. The minimum absolute atomic E-state index is 0.0489. The lowest BCUT2D eigenvalue weighted by Crippen LogP contribution is -2.43. The molecule has 1 atom stereocenters. The lowest BCUT2D eigenvalue weighted by Gasteiger charge is -2.23. The van der Waals surface area contributed by atoms with Gasteiger partial charge in [-0.1, -0.05) is 6.92 Å². The highest BCUT2D eigenvalue weighted by Crippen LogP contribution is 2.00. The van der Waals surface area contributed by atoms with E-state index >= 15 is 0 Å². The van der Waals surface area contributed by atoms with E-state index < -0.39 is 15.7 Å². The number of primary amides is 1. The van der Waals surface area contributed by atoms with Gasteiger partial charge in [0.2, 0.25) is 5.91 Å². The molecule has 2 N–H and O–H groups in total. The number of rotatable bonds is 6. The van der Waals surface area contributed by atoms with Gasteiger partial charge in [0.15, 0.2) is 0 Å². The summed E-state index contributed by atoms with van der Waals surface area (Å²) in [5, 5.41) is 0. The van der Waals surface area contributed by atoms with Crippen LogP contribution >= 0.6 is 0 Å². The highest BCUT2D eigenvalue weighted by Gasteiger charge is 2.19. The van der Waals surface area contributed by atoms with E-state index in [0.29, 0.717) is 13.0 Å². The average Bonchev–Trinajstić information content (AvgIpc) is 2.00. The van der Waals surface area contributed by atoms with Gasteiger partial charge >= 0.3 is 0 Å². The molecule has 0 aromatic carbocycles. The van der Waals surface area contributed by atoms with Gasteiger partial charge in [-0.2, -0.15) is 0 Å². The summed E-state index contributed by atoms with van der Waals surface area (Å²) in [6.07, 6.45) is 1.77. The molecule has 0 aliphatic rings. The Morgan fingerprint density at radius 3 is 2.29 bits per heavy atom. The highest BCUT2D eigenvalue weighted by molar-refractivity contribution is 7.90. The second-order valence-electron chi connectivity index (χ2n) is 3.44. The van der Waals surface area contributed by atoms with Crippen LogP contribution in [0.25, 0.3) is 0 Å². The van der Waals surface area contributed by atoms with Crippen LogP contribution in [0.5, 0.6) is 0 Å². The Balaban J connectivity index is 4.19. The van der Waals surface area contributed by atoms with E-state index in [1.54, 1.807) is 11.9 Å². The van der Waals surface area contributed by atoms with Gasteiger partial charge in [-0.3, -0.25) is 9.69 Å². The number of amides is 1. The van der Waals surface area contributed by atoms with Gasteiger partial charge in [-0.25, -0.2) is 8.42 Å². The van der Waals surface area contributed by atoms with Crippen LogP contribution in [0.2, 0.25) is 0 Å². The van der Waals surface area contributed by atoms with Crippen LogP contribution in [0.3, 0.4) is 0 Å². The Hall–Kier alpha value is -0.620. The van der Waals surface area contributed by atoms with Crippen molar-refractivity contribution in [3.05, 3.63) is 0 Å².